The lowest BCUT2D eigenvalue weighted by atomic mass is 10.1. The quantitative estimate of drug-likeness (QED) is 0.621. The summed E-state index contributed by atoms with van der Waals surface area (Å²) in [4.78, 5) is 12.9. The van der Waals surface area contributed by atoms with Crippen LogP contribution in [0.15, 0.2) is 57.8 Å². The maximum absolute atomic E-state index is 13.1. The summed E-state index contributed by atoms with van der Waals surface area (Å²) in [5.41, 5.74) is 2.31. The fourth-order valence-corrected chi connectivity index (χ4v) is 5.60. The molecule has 0 saturated carbocycles. The number of hydrogen-bond acceptors (Lipinski definition) is 4. The minimum absolute atomic E-state index is 0.229. The molecule has 4 rings (SSSR count). The van der Waals surface area contributed by atoms with E-state index in [0.717, 1.165) is 37.7 Å². The molecule has 0 atom stereocenters. The number of hydrogen-bond donors (Lipinski definition) is 1. The lowest BCUT2D eigenvalue weighted by Crippen LogP contribution is -2.31. The predicted octanol–water partition coefficient (Wildman–Crippen LogP) is 4.28. The first-order valence-electron chi connectivity index (χ1n) is 10.8. The van der Waals surface area contributed by atoms with Crippen LogP contribution < -0.4 is 5.32 Å². The van der Waals surface area contributed by atoms with Crippen LogP contribution in [0.2, 0.25) is 0 Å². The molecule has 2 heterocycles. The van der Waals surface area contributed by atoms with Gasteiger partial charge in [0.1, 0.15) is 5.58 Å². The molecule has 1 aromatic heterocycles. The Kier molecular flexibility index (Phi) is 6.43. The predicted molar refractivity (Wildman–Crippen MR) is 121 cm³/mol. The van der Waals surface area contributed by atoms with Gasteiger partial charge in [0.2, 0.25) is 10.0 Å². The van der Waals surface area contributed by atoms with Crippen molar-refractivity contribution in [3.63, 3.8) is 0 Å². The van der Waals surface area contributed by atoms with Crippen molar-refractivity contribution in [2.45, 2.75) is 43.9 Å². The summed E-state index contributed by atoms with van der Waals surface area (Å²) in [5.74, 6) is -0.0612. The maximum atomic E-state index is 13.1. The molecule has 3 aromatic rings. The fourth-order valence-electron chi connectivity index (χ4n) is 4.05. The van der Waals surface area contributed by atoms with E-state index in [4.69, 9.17) is 4.42 Å². The molecule has 1 fully saturated rings. The van der Waals surface area contributed by atoms with Crippen LogP contribution in [0.5, 0.6) is 0 Å². The molecule has 0 bridgehead atoms. The second-order valence-electron chi connectivity index (χ2n) is 8.02. The van der Waals surface area contributed by atoms with E-state index in [1.165, 1.54) is 0 Å². The molecule has 2 aromatic carbocycles. The van der Waals surface area contributed by atoms with E-state index in [-0.39, 0.29) is 16.6 Å². The normalized spacial score (nSPS) is 15.6. The Morgan fingerprint density at radius 2 is 1.74 bits per heavy atom. The van der Waals surface area contributed by atoms with Gasteiger partial charge in [-0.15, -0.1) is 0 Å². The lowest BCUT2D eigenvalue weighted by molar-refractivity contribution is 0.0927. The molecule has 0 spiro atoms. The number of aryl methyl sites for hydroxylation is 1. The van der Waals surface area contributed by atoms with Crippen LogP contribution in [0.4, 0.5) is 0 Å². The standard InChI is InChI=1S/C24H28N2O4S/c1-18-21-17-20(31(28,29)26-15-7-2-3-8-16-26)11-12-22(21)30-23(18)24(27)25-14-13-19-9-5-4-6-10-19/h4-6,9-12,17H,2-3,7-8,13-16H2,1H3,(H,25,27). The van der Waals surface area contributed by atoms with Gasteiger partial charge in [-0.25, -0.2) is 8.42 Å². The van der Waals surface area contributed by atoms with E-state index in [1.807, 2.05) is 30.3 Å². The van der Waals surface area contributed by atoms with Crippen LogP contribution in [-0.4, -0.2) is 38.3 Å². The average molecular weight is 441 g/mol. The zero-order chi connectivity index (χ0) is 21.8. The van der Waals surface area contributed by atoms with Crippen molar-refractivity contribution in [2.75, 3.05) is 19.6 Å². The van der Waals surface area contributed by atoms with Crippen LogP contribution in [0.1, 0.15) is 47.4 Å². The molecule has 7 heteroatoms. The number of furan rings is 1. The molecule has 31 heavy (non-hydrogen) atoms. The Morgan fingerprint density at radius 3 is 2.45 bits per heavy atom. The molecule has 0 radical (unpaired) electrons. The van der Waals surface area contributed by atoms with Crippen molar-refractivity contribution in [3.05, 3.63) is 65.4 Å². The number of benzene rings is 2. The summed E-state index contributed by atoms with van der Waals surface area (Å²) >= 11 is 0. The van der Waals surface area contributed by atoms with Crippen molar-refractivity contribution in [2.24, 2.45) is 0 Å². The Morgan fingerprint density at radius 1 is 1.03 bits per heavy atom. The zero-order valence-electron chi connectivity index (χ0n) is 17.8. The van der Waals surface area contributed by atoms with Gasteiger partial charge < -0.3 is 9.73 Å². The summed E-state index contributed by atoms with van der Waals surface area (Å²) < 4.78 is 33.6. The number of carbonyl (C=O) groups is 1. The van der Waals surface area contributed by atoms with Crippen LogP contribution in [-0.2, 0) is 16.4 Å². The van der Waals surface area contributed by atoms with E-state index < -0.39 is 10.0 Å². The highest BCUT2D eigenvalue weighted by Gasteiger charge is 2.26. The van der Waals surface area contributed by atoms with E-state index in [0.29, 0.717) is 36.2 Å². The maximum Gasteiger partial charge on any atom is 0.287 e. The highest BCUT2D eigenvalue weighted by molar-refractivity contribution is 7.89. The third-order valence-electron chi connectivity index (χ3n) is 5.86. The van der Waals surface area contributed by atoms with Gasteiger partial charge in [0.05, 0.1) is 4.90 Å². The van der Waals surface area contributed by atoms with E-state index >= 15 is 0 Å². The van der Waals surface area contributed by atoms with E-state index in [9.17, 15) is 13.2 Å². The van der Waals surface area contributed by atoms with Gasteiger partial charge in [-0.2, -0.15) is 4.31 Å². The highest BCUT2D eigenvalue weighted by Crippen LogP contribution is 2.29. The summed E-state index contributed by atoms with van der Waals surface area (Å²) in [5, 5.41) is 3.55. The molecule has 1 aliphatic rings. The Hall–Kier alpha value is -2.64. The number of nitrogens with zero attached hydrogens (tertiary/aromatic N) is 1. The monoisotopic (exact) mass is 440 g/mol. The van der Waals surface area contributed by atoms with Crippen molar-refractivity contribution in [1.82, 2.24) is 9.62 Å². The van der Waals surface area contributed by atoms with Crippen LogP contribution >= 0.6 is 0 Å². The van der Waals surface area contributed by atoms with Gasteiger partial charge in [-0.1, -0.05) is 43.2 Å². The van der Waals surface area contributed by atoms with Crippen LogP contribution in [0.25, 0.3) is 11.0 Å². The van der Waals surface area contributed by atoms with Gasteiger partial charge in [-0.3, -0.25) is 4.79 Å². The smallest absolute Gasteiger partial charge is 0.287 e. The van der Waals surface area contributed by atoms with E-state index in [2.05, 4.69) is 5.32 Å². The van der Waals surface area contributed by atoms with Gasteiger partial charge in [0, 0.05) is 30.6 Å². The summed E-state index contributed by atoms with van der Waals surface area (Å²) in [6, 6.07) is 14.8. The van der Waals surface area contributed by atoms with Gasteiger partial charge in [0.15, 0.2) is 5.76 Å². The van der Waals surface area contributed by atoms with Crippen molar-refractivity contribution >= 4 is 26.9 Å². The number of nitrogens with one attached hydrogen (secondary N) is 1. The number of sulfonamides is 1. The first kappa shape index (κ1) is 21.6. The minimum atomic E-state index is -3.56. The molecular weight excluding hydrogens is 412 g/mol. The molecule has 0 aliphatic carbocycles. The first-order chi connectivity index (χ1) is 15.0. The van der Waals surface area contributed by atoms with Gasteiger partial charge in [0.25, 0.3) is 5.91 Å². The Labute approximate surface area is 183 Å². The topological polar surface area (TPSA) is 79.6 Å². The summed E-state index contributed by atoms with van der Waals surface area (Å²) in [6.45, 7) is 3.40. The molecule has 0 unspecified atom stereocenters. The third kappa shape index (κ3) is 4.67. The lowest BCUT2D eigenvalue weighted by Gasteiger charge is -2.19. The molecule has 6 nitrogen and oxygen atoms in total. The van der Waals surface area contributed by atoms with Crippen molar-refractivity contribution in [3.8, 4) is 0 Å². The minimum Gasteiger partial charge on any atom is -0.451 e. The molecule has 1 saturated heterocycles. The average Bonchev–Trinajstić information content (AvgIpc) is 2.95. The summed E-state index contributed by atoms with van der Waals surface area (Å²) in [7, 11) is -3.56. The van der Waals surface area contributed by atoms with Gasteiger partial charge >= 0.3 is 0 Å². The second kappa shape index (κ2) is 9.24. The Bertz CT molecular complexity index is 1160. The van der Waals surface area contributed by atoms with Crippen molar-refractivity contribution in [1.29, 1.82) is 0 Å². The van der Waals surface area contributed by atoms with E-state index in [1.54, 1.807) is 29.4 Å². The second-order valence-corrected chi connectivity index (χ2v) is 9.96. The first-order valence-corrected chi connectivity index (χ1v) is 12.3. The van der Waals surface area contributed by atoms with Gasteiger partial charge in [-0.05, 0) is 49.9 Å². The van der Waals surface area contributed by atoms with Crippen molar-refractivity contribution < 1.29 is 17.6 Å². The highest BCUT2D eigenvalue weighted by atomic mass is 32.2. The summed E-state index contributed by atoms with van der Waals surface area (Å²) in [6.07, 6.45) is 4.63. The number of carbonyl (C=O) groups excluding carboxylic acids is 1. The molecule has 1 N–H and O–H groups in total. The fraction of sp³-hybridized carbons (Fsp3) is 0.375. The number of fused-ring (bicyclic) bond motifs is 1. The number of amides is 1. The van der Waals surface area contributed by atoms with Crippen LogP contribution in [0.3, 0.4) is 0 Å². The Balaban J connectivity index is 1.53. The third-order valence-corrected chi connectivity index (χ3v) is 7.75. The SMILES string of the molecule is Cc1c(C(=O)NCCc2ccccc2)oc2ccc(S(=O)(=O)N3CCCCCC3)cc12. The van der Waals surface area contributed by atoms with Crippen LogP contribution in [0, 0.1) is 6.92 Å². The number of rotatable bonds is 6. The molecular formula is C24H28N2O4S. The zero-order valence-corrected chi connectivity index (χ0v) is 18.6. The molecule has 1 aliphatic heterocycles. The molecule has 1 amide bonds. The largest absolute Gasteiger partial charge is 0.451 e. The molecule has 164 valence electrons.